The first-order valence-electron chi connectivity index (χ1n) is 7.13. The van der Waals surface area contributed by atoms with Crippen molar-refractivity contribution in [3.63, 3.8) is 0 Å². The van der Waals surface area contributed by atoms with E-state index in [4.69, 9.17) is 5.73 Å². The summed E-state index contributed by atoms with van der Waals surface area (Å²) in [6.45, 7) is 3.22. The van der Waals surface area contributed by atoms with Crippen LogP contribution in [0.25, 0.3) is 0 Å². The number of nitrogen functional groups attached to an aromatic ring is 1. The van der Waals surface area contributed by atoms with Gasteiger partial charge in [-0.25, -0.2) is 4.98 Å². The molecule has 0 spiro atoms. The van der Waals surface area contributed by atoms with Crippen molar-refractivity contribution in [3.8, 4) is 0 Å². The summed E-state index contributed by atoms with van der Waals surface area (Å²) in [6.07, 6.45) is 12.3. The van der Waals surface area contributed by atoms with Crippen molar-refractivity contribution in [3.05, 3.63) is 12.0 Å². The number of aromatic nitrogens is 2. The Bertz CT molecular complexity index is 335. The molecule has 1 fully saturated rings. The van der Waals surface area contributed by atoms with Crippen LogP contribution in [0.3, 0.4) is 0 Å². The molecule has 1 aliphatic carbocycles. The molecule has 0 aromatic carbocycles. The van der Waals surface area contributed by atoms with E-state index in [1.807, 2.05) is 6.33 Å². The maximum Gasteiger partial charge on any atom is 0.126 e. The second-order valence-corrected chi connectivity index (χ2v) is 5.25. The SMILES string of the molecule is CCCCn1cnc(C2CCCCCC2)c1N. The van der Waals surface area contributed by atoms with E-state index in [1.165, 1.54) is 57.1 Å². The van der Waals surface area contributed by atoms with Gasteiger partial charge in [-0.2, -0.15) is 0 Å². The first-order chi connectivity index (χ1) is 8.33. The normalized spacial score (nSPS) is 18.2. The highest BCUT2D eigenvalue weighted by Crippen LogP contribution is 2.33. The fraction of sp³-hybridized carbons (Fsp3) is 0.786. The first-order valence-corrected chi connectivity index (χ1v) is 7.13. The summed E-state index contributed by atoms with van der Waals surface area (Å²) in [5.41, 5.74) is 7.40. The average molecular weight is 235 g/mol. The Morgan fingerprint density at radius 1 is 1.29 bits per heavy atom. The lowest BCUT2D eigenvalue weighted by atomic mass is 9.96. The van der Waals surface area contributed by atoms with Crippen molar-refractivity contribution in [2.24, 2.45) is 0 Å². The molecule has 2 rings (SSSR count). The predicted molar refractivity (Wildman–Crippen MR) is 72.0 cm³/mol. The molecule has 0 amide bonds. The van der Waals surface area contributed by atoms with Gasteiger partial charge in [0.05, 0.1) is 12.0 Å². The number of rotatable bonds is 4. The summed E-state index contributed by atoms with van der Waals surface area (Å²) in [5, 5.41) is 0. The second-order valence-electron chi connectivity index (χ2n) is 5.25. The number of imidazole rings is 1. The maximum atomic E-state index is 6.23. The van der Waals surface area contributed by atoms with E-state index in [1.54, 1.807) is 0 Å². The number of hydrogen-bond acceptors (Lipinski definition) is 2. The zero-order valence-electron chi connectivity index (χ0n) is 11.0. The molecule has 1 aromatic rings. The minimum atomic E-state index is 0.611. The van der Waals surface area contributed by atoms with Crippen molar-refractivity contribution in [2.75, 3.05) is 5.73 Å². The summed E-state index contributed by atoms with van der Waals surface area (Å²) in [5.74, 6) is 1.53. The van der Waals surface area contributed by atoms with Gasteiger partial charge in [0.2, 0.25) is 0 Å². The number of nitrogens with zero attached hydrogens (tertiary/aromatic N) is 2. The third-order valence-electron chi connectivity index (χ3n) is 3.90. The van der Waals surface area contributed by atoms with E-state index in [-0.39, 0.29) is 0 Å². The average Bonchev–Trinajstić information content (AvgIpc) is 2.58. The van der Waals surface area contributed by atoms with Crippen LogP contribution in [-0.2, 0) is 6.54 Å². The lowest BCUT2D eigenvalue weighted by Gasteiger charge is -2.13. The molecular formula is C14H25N3. The van der Waals surface area contributed by atoms with E-state index >= 15 is 0 Å². The number of nitrogens with two attached hydrogens (primary N) is 1. The summed E-state index contributed by atoms with van der Waals surface area (Å²) in [6, 6.07) is 0. The third kappa shape index (κ3) is 3.02. The largest absolute Gasteiger partial charge is 0.384 e. The van der Waals surface area contributed by atoms with E-state index in [2.05, 4.69) is 16.5 Å². The molecule has 0 aliphatic heterocycles. The van der Waals surface area contributed by atoms with Gasteiger partial charge in [-0.1, -0.05) is 39.0 Å². The minimum Gasteiger partial charge on any atom is -0.384 e. The van der Waals surface area contributed by atoms with Crippen LogP contribution in [0.1, 0.15) is 69.9 Å². The molecule has 1 aliphatic rings. The van der Waals surface area contributed by atoms with Gasteiger partial charge in [-0.05, 0) is 19.3 Å². The van der Waals surface area contributed by atoms with Gasteiger partial charge in [-0.3, -0.25) is 0 Å². The Kier molecular flexibility index (Phi) is 4.46. The molecule has 17 heavy (non-hydrogen) atoms. The minimum absolute atomic E-state index is 0.611. The van der Waals surface area contributed by atoms with Gasteiger partial charge in [0.25, 0.3) is 0 Å². The Labute approximate surface area is 104 Å². The molecule has 3 heteroatoms. The zero-order chi connectivity index (χ0) is 12.1. The van der Waals surface area contributed by atoms with E-state index < -0.39 is 0 Å². The van der Waals surface area contributed by atoms with Crippen LogP contribution in [0, 0.1) is 0 Å². The second kappa shape index (κ2) is 6.08. The fourth-order valence-corrected chi connectivity index (χ4v) is 2.78. The number of hydrogen-bond donors (Lipinski definition) is 1. The smallest absolute Gasteiger partial charge is 0.126 e. The van der Waals surface area contributed by atoms with Crippen LogP contribution < -0.4 is 5.73 Å². The Balaban J connectivity index is 2.06. The van der Waals surface area contributed by atoms with Crippen molar-refractivity contribution in [1.29, 1.82) is 0 Å². The summed E-state index contributed by atoms with van der Waals surface area (Å²) in [4.78, 5) is 4.57. The molecule has 1 heterocycles. The van der Waals surface area contributed by atoms with Gasteiger partial charge in [0.1, 0.15) is 5.82 Å². The van der Waals surface area contributed by atoms with Crippen LogP contribution in [0.15, 0.2) is 6.33 Å². The molecule has 0 unspecified atom stereocenters. The van der Waals surface area contributed by atoms with Crippen LogP contribution >= 0.6 is 0 Å². The number of anilines is 1. The Morgan fingerprint density at radius 3 is 2.65 bits per heavy atom. The monoisotopic (exact) mass is 235 g/mol. The molecule has 0 atom stereocenters. The molecule has 0 saturated heterocycles. The van der Waals surface area contributed by atoms with Gasteiger partial charge in [0.15, 0.2) is 0 Å². The Hall–Kier alpha value is -0.990. The summed E-state index contributed by atoms with van der Waals surface area (Å²) >= 11 is 0. The standard InChI is InChI=1S/C14H25N3/c1-2-3-10-17-11-16-13(14(17)15)12-8-6-4-5-7-9-12/h11-12H,2-10,15H2,1H3. The molecule has 96 valence electrons. The van der Waals surface area contributed by atoms with E-state index in [9.17, 15) is 0 Å². The summed E-state index contributed by atoms with van der Waals surface area (Å²) < 4.78 is 2.13. The van der Waals surface area contributed by atoms with E-state index in [0.29, 0.717) is 5.92 Å². The molecule has 3 nitrogen and oxygen atoms in total. The first kappa shape index (κ1) is 12.5. The van der Waals surface area contributed by atoms with Gasteiger partial charge < -0.3 is 10.3 Å². The van der Waals surface area contributed by atoms with Crippen molar-refractivity contribution < 1.29 is 0 Å². The van der Waals surface area contributed by atoms with E-state index in [0.717, 1.165) is 12.4 Å². The van der Waals surface area contributed by atoms with Gasteiger partial charge in [-0.15, -0.1) is 0 Å². The van der Waals surface area contributed by atoms with Gasteiger partial charge >= 0.3 is 0 Å². The molecule has 0 radical (unpaired) electrons. The lowest BCUT2D eigenvalue weighted by Crippen LogP contribution is -2.06. The number of unbranched alkanes of at least 4 members (excludes halogenated alkanes) is 1. The predicted octanol–water partition coefficient (Wildman–Crippen LogP) is 3.70. The van der Waals surface area contributed by atoms with Crippen LogP contribution in [0.5, 0.6) is 0 Å². The van der Waals surface area contributed by atoms with Crippen LogP contribution in [0.4, 0.5) is 5.82 Å². The van der Waals surface area contributed by atoms with Crippen molar-refractivity contribution >= 4 is 5.82 Å². The molecule has 2 N–H and O–H groups in total. The van der Waals surface area contributed by atoms with Crippen molar-refractivity contribution in [2.45, 2.75) is 70.8 Å². The highest BCUT2D eigenvalue weighted by Gasteiger charge is 2.20. The lowest BCUT2D eigenvalue weighted by molar-refractivity contribution is 0.580. The molecular weight excluding hydrogens is 210 g/mol. The zero-order valence-corrected chi connectivity index (χ0v) is 11.0. The molecule has 0 bridgehead atoms. The quantitative estimate of drug-likeness (QED) is 0.809. The topological polar surface area (TPSA) is 43.8 Å². The highest BCUT2D eigenvalue weighted by molar-refractivity contribution is 5.38. The van der Waals surface area contributed by atoms with Crippen LogP contribution in [-0.4, -0.2) is 9.55 Å². The highest BCUT2D eigenvalue weighted by atomic mass is 15.1. The van der Waals surface area contributed by atoms with Crippen LogP contribution in [0.2, 0.25) is 0 Å². The maximum absolute atomic E-state index is 6.23. The number of aryl methyl sites for hydroxylation is 1. The van der Waals surface area contributed by atoms with Gasteiger partial charge in [0, 0.05) is 12.5 Å². The molecule has 1 aromatic heterocycles. The van der Waals surface area contributed by atoms with Crippen molar-refractivity contribution in [1.82, 2.24) is 9.55 Å². The Morgan fingerprint density at radius 2 is 2.00 bits per heavy atom. The summed E-state index contributed by atoms with van der Waals surface area (Å²) in [7, 11) is 0. The molecule has 1 saturated carbocycles. The third-order valence-corrected chi connectivity index (χ3v) is 3.90. The fourth-order valence-electron chi connectivity index (χ4n) is 2.78.